The van der Waals surface area contributed by atoms with E-state index >= 15 is 0 Å². The van der Waals surface area contributed by atoms with Crippen molar-refractivity contribution in [2.24, 2.45) is 5.10 Å². The molecule has 2 aliphatic rings. The Morgan fingerprint density at radius 2 is 1.79 bits per heavy atom. The second kappa shape index (κ2) is 7.07. The topological polar surface area (TPSA) is 78.4 Å². The molecule has 1 atom stereocenters. The van der Waals surface area contributed by atoms with Gasteiger partial charge in [-0.3, -0.25) is 4.79 Å². The van der Waals surface area contributed by atoms with Crippen LogP contribution in [0.25, 0.3) is 0 Å². The van der Waals surface area contributed by atoms with E-state index in [2.05, 4.69) is 31.3 Å². The Hall–Kier alpha value is -3.22. The lowest BCUT2D eigenvalue weighted by Crippen LogP contribution is -2.42. The predicted molar refractivity (Wildman–Crippen MR) is 103 cm³/mol. The van der Waals surface area contributed by atoms with E-state index in [9.17, 15) is 4.79 Å². The van der Waals surface area contributed by atoms with Gasteiger partial charge in [-0.1, -0.05) is 26.8 Å². The van der Waals surface area contributed by atoms with Gasteiger partial charge in [0.25, 0.3) is 5.91 Å². The molecule has 0 aromatic heterocycles. The summed E-state index contributed by atoms with van der Waals surface area (Å²) in [6.07, 6.45) is 0.770. The van der Waals surface area contributed by atoms with E-state index in [1.54, 1.807) is 12.1 Å². The van der Waals surface area contributed by atoms with E-state index in [4.69, 9.17) is 18.9 Å². The fraction of sp³-hybridized carbons (Fsp3) is 0.333. The molecule has 2 aromatic rings. The van der Waals surface area contributed by atoms with Crippen LogP contribution in [0.2, 0.25) is 0 Å². The summed E-state index contributed by atoms with van der Waals surface area (Å²) in [5.74, 6) is 2.19. The fourth-order valence-electron chi connectivity index (χ4n) is 2.90. The maximum atomic E-state index is 12.4. The van der Waals surface area contributed by atoms with Crippen LogP contribution in [0.1, 0.15) is 31.9 Å². The Morgan fingerprint density at radius 1 is 1.04 bits per heavy atom. The third-order valence-electron chi connectivity index (χ3n) is 4.55. The minimum absolute atomic E-state index is 0.0253. The number of benzene rings is 2. The van der Waals surface area contributed by atoms with Gasteiger partial charge in [0.15, 0.2) is 23.0 Å². The first-order valence-corrected chi connectivity index (χ1v) is 9.07. The summed E-state index contributed by atoms with van der Waals surface area (Å²) in [5, 5.41) is 4.00. The van der Waals surface area contributed by atoms with Gasteiger partial charge >= 0.3 is 0 Å². The first-order chi connectivity index (χ1) is 13.4. The van der Waals surface area contributed by atoms with Crippen LogP contribution in [0.4, 0.5) is 0 Å². The van der Waals surface area contributed by atoms with E-state index in [-0.39, 0.29) is 24.7 Å². The van der Waals surface area contributed by atoms with E-state index in [0.717, 1.165) is 11.1 Å². The van der Waals surface area contributed by atoms with E-state index in [1.165, 1.54) is 6.21 Å². The van der Waals surface area contributed by atoms with E-state index in [0.29, 0.717) is 23.0 Å². The van der Waals surface area contributed by atoms with Gasteiger partial charge in [-0.05, 0) is 46.9 Å². The van der Waals surface area contributed by atoms with Crippen LogP contribution in [0, 0.1) is 0 Å². The SMILES string of the molecule is CC(C)(C)c1ccc2c(c1)OC(C(=O)NN=Cc1ccc3c(c1)OCO3)CO2. The van der Waals surface area contributed by atoms with Crippen LogP contribution in [0.5, 0.6) is 23.0 Å². The molecule has 0 aliphatic carbocycles. The molecule has 2 aromatic carbocycles. The average Bonchev–Trinajstić information content (AvgIpc) is 3.14. The summed E-state index contributed by atoms with van der Waals surface area (Å²) in [7, 11) is 0. The van der Waals surface area contributed by atoms with Gasteiger partial charge in [0, 0.05) is 0 Å². The van der Waals surface area contributed by atoms with Crippen LogP contribution in [-0.4, -0.2) is 31.6 Å². The average molecular weight is 382 g/mol. The molecule has 7 heteroatoms. The highest BCUT2D eigenvalue weighted by atomic mass is 16.7. The molecule has 4 rings (SSSR count). The monoisotopic (exact) mass is 382 g/mol. The standard InChI is InChI=1S/C21H22N2O5/c1-21(2,3)14-5-7-16-18(9-14)28-19(11-25-16)20(24)23-22-10-13-4-6-15-17(8-13)27-12-26-15/h4-10,19H,11-12H2,1-3H3,(H,23,24). The predicted octanol–water partition coefficient (Wildman–Crippen LogP) is 3.00. The van der Waals surface area contributed by atoms with E-state index in [1.807, 2.05) is 24.3 Å². The molecule has 1 N–H and O–H groups in total. The third kappa shape index (κ3) is 3.74. The van der Waals surface area contributed by atoms with Gasteiger partial charge in [0.1, 0.15) is 6.61 Å². The molecule has 0 radical (unpaired) electrons. The van der Waals surface area contributed by atoms with Gasteiger partial charge in [-0.25, -0.2) is 5.43 Å². The lowest BCUT2D eigenvalue weighted by atomic mass is 9.87. The number of rotatable bonds is 3. The molecule has 2 aliphatic heterocycles. The Kier molecular flexibility index (Phi) is 4.58. The van der Waals surface area contributed by atoms with Gasteiger partial charge in [0.05, 0.1) is 6.21 Å². The summed E-state index contributed by atoms with van der Waals surface area (Å²) in [6, 6.07) is 11.2. The van der Waals surface area contributed by atoms with Crippen LogP contribution in [0.3, 0.4) is 0 Å². The lowest BCUT2D eigenvalue weighted by Gasteiger charge is -2.27. The summed E-state index contributed by atoms with van der Waals surface area (Å²) in [5.41, 5.74) is 4.36. The molecule has 146 valence electrons. The molecule has 7 nitrogen and oxygen atoms in total. The van der Waals surface area contributed by atoms with Gasteiger partial charge in [0.2, 0.25) is 12.9 Å². The van der Waals surface area contributed by atoms with Crippen molar-refractivity contribution < 1.29 is 23.7 Å². The number of nitrogens with one attached hydrogen (secondary N) is 1. The van der Waals surface area contributed by atoms with Crippen molar-refractivity contribution in [3.8, 4) is 23.0 Å². The van der Waals surface area contributed by atoms with Crippen LogP contribution in [-0.2, 0) is 10.2 Å². The lowest BCUT2D eigenvalue weighted by molar-refractivity contribution is -0.130. The number of carbonyl (C=O) groups is 1. The third-order valence-corrected chi connectivity index (χ3v) is 4.55. The molecule has 0 spiro atoms. The molecular formula is C21H22N2O5. The highest BCUT2D eigenvalue weighted by Gasteiger charge is 2.28. The number of hydrogen-bond acceptors (Lipinski definition) is 6. The second-order valence-corrected chi connectivity index (χ2v) is 7.68. The molecule has 0 fully saturated rings. The Morgan fingerprint density at radius 3 is 2.61 bits per heavy atom. The maximum absolute atomic E-state index is 12.4. The quantitative estimate of drug-likeness (QED) is 0.652. The van der Waals surface area contributed by atoms with E-state index < -0.39 is 6.10 Å². The number of nitrogens with zero attached hydrogens (tertiary/aromatic N) is 1. The molecule has 0 saturated heterocycles. The summed E-state index contributed by atoms with van der Waals surface area (Å²) in [4.78, 5) is 12.4. The number of hydrogen-bond donors (Lipinski definition) is 1. The van der Waals surface area contributed by atoms with Gasteiger partial charge < -0.3 is 18.9 Å². The Balaban J connectivity index is 1.39. The van der Waals surface area contributed by atoms with Crippen molar-refractivity contribution in [2.75, 3.05) is 13.4 Å². The first-order valence-electron chi connectivity index (χ1n) is 9.07. The van der Waals surface area contributed by atoms with Crippen molar-refractivity contribution in [3.63, 3.8) is 0 Å². The zero-order chi connectivity index (χ0) is 19.7. The molecule has 0 bridgehead atoms. The number of fused-ring (bicyclic) bond motifs is 2. The number of hydrazone groups is 1. The van der Waals surface area contributed by atoms with Crippen LogP contribution >= 0.6 is 0 Å². The van der Waals surface area contributed by atoms with Gasteiger partial charge in [-0.2, -0.15) is 5.10 Å². The normalized spacial score (nSPS) is 17.6. The molecule has 28 heavy (non-hydrogen) atoms. The second-order valence-electron chi connectivity index (χ2n) is 7.68. The van der Waals surface area contributed by atoms with Crippen molar-refractivity contribution in [1.29, 1.82) is 0 Å². The number of carbonyl (C=O) groups excluding carboxylic acids is 1. The zero-order valence-electron chi connectivity index (χ0n) is 16.0. The minimum Gasteiger partial charge on any atom is -0.485 e. The maximum Gasteiger partial charge on any atom is 0.284 e. The highest BCUT2D eigenvalue weighted by molar-refractivity contribution is 5.85. The number of ether oxygens (including phenoxy) is 4. The molecular weight excluding hydrogens is 360 g/mol. The van der Waals surface area contributed by atoms with Crippen molar-refractivity contribution in [3.05, 3.63) is 47.5 Å². The van der Waals surface area contributed by atoms with Crippen LogP contribution in [0.15, 0.2) is 41.5 Å². The van der Waals surface area contributed by atoms with Crippen molar-refractivity contribution >= 4 is 12.1 Å². The Labute approximate surface area is 163 Å². The number of amides is 1. The first kappa shape index (κ1) is 18.2. The zero-order valence-corrected chi connectivity index (χ0v) is 16.0. The van der Waals surface area contributed by atoms with Gasteiger partial charge in [-0.15, -0.1) is 0 Å². The van der Waals surface area contributed by atoms with Crippen molar-refractivity contribution in [1.82, 2.24) is 5.43 Å². The summed E-state index contributed by atoms with van der Waals surface area (Å²) >= 11 is 0. The molecule has 1 amide bonds. The molecule has 1 unspecified atom stereocenters. The fourth-order valence-corrected chi connectivity index (χ4v) is 2.90. The molecule has 0 saturated carbocycles. The highest BCUT2D eigenvalue weighted by Crippen LogP contribution is 2.36. The molecule has 2 heterocycles. The summed E-state index contributed by atoms with van der Waals surface area (Å²) in [6.45, 7) is 6.70. The largest absolute Gasteiger partial charge is 0.485 e. The smallest absolute Gasteiger partial charge is 0.284 e. The Bertz CT molecular complexity index is 933. The summed E-state index contributed by atoms with van der Waals surface area (Å²) < 4.78 is 22.1. The van der Waals surface area contributed by atoms with Crippen molar-refractivity contribution in [2.45, 2.75) is 32.3 Å². The minimum atomic E-state index is -0.767. The van der Waals surface area contributed by atoms with Crippen LogP contribution < -0.4 is 24.4 Å².